The maximum absolute atomic E-state index is 12.3. The Morgan fingerprint density at radius 3 is 2.68 bits per heavy atom. The Morgan fingerprint density at radius 2 is 2.00 bits per heavy atom. The van der Waals surface area contributed by atoms with Crippen LogP contribution in [0.4, 0.5) is 11.4 Å². The third kappa shape index (κ3) is 4.75. The Labute approximate surface area is 230 Å². The molecule has 4 aromatic rings. The Balaban J connectivity index is 1.64. The van der Waals surface area contributed by atoms with Crippen LogP contribution in [0.2, 0.25) is 0 Å². The van der Waals surface area contributed by atoms with Crippen molar-refractivity contribution in [1.82, 2.24) is 19.9 Å². The molecular formula is C27H28N6O3S2. The summed E-state index contributed by atoms with van der Waals surface area (Å²) in [7, 11) is 3.04. The van der Waals surface area contributed by atoms with Crippen molar-refractivity contribution in [2.24, 2.45) is 0 Å². The zero-order chi connectivity index (χ0) is 26.8. The van der Waals surface area contributed by atoms with Crippen molar-refractivity contribution < 1.29 is 14.3 Å². The van der Waals surface area contributed by atoms with Crippen LogP contribution in [0, 0.1) is 13.8 Å². The second-order valence-corrected chi connectivity index (χ2v) is 10.1. The molecule has 1 amide bonds. The zero-order valence-electron chi connectivity index (χ0n) is 21.5. The molecule has 196 valence electrons. The summed E-state index contributed by atoms with van der Waals surface area (Å²) >= 11 is 7.50. The second kappa shape index (κ2) is 10.9. The number of hydrogen-bond acceptors (Lipinski definition) is 7. The van der Waals surface area contributed by atoms with Crippen LogP contribution in [0.15, 0.2) is 60.2 Å². The number of hydrogen-bond donors (Lipinski definition) is 2. The number of nitrogens with one attached hydrogen (secondary N) is 2. The number of anilines is 2. The molecule has 0 unspecified atom stereocenters. The third-order valence-corrected chi connectivity index (χ3v) is 7.58. The maximum atomic E-state index is 12.3. The number of carbonyl (C=O) groups is 1. The second-order valence-electron chi connectivity index (χ2n) is 8.84. The first-order valence-corrected chi connectivity index (χ1v) is 13.3. The fourth-order valence-electron chi connectivity index (χ4n) is 4.92. The minimum atomic E-state index is -0.278. The maximum Gasteiger partial charge on any atom is 0.250 e. The van der Waals surface area contributed by atoms with Crippen LogP contribution in [0.1, 0.15) is 34.7 Å². The van der Waals surface area contributed by atoms with Gasteiger partial charge in [0.05, 0.1) is 30.6 Å². The van der Waals surface area contributed by atoms with Crippen LogP contribution < -0.4 is 20.3 Å². The molecule has 0 spiro atoms. The van der Waals surface area contributed by atoms with Crippen LogP contribution in [0.3, 0.4) is 0 Å². The van der Waals surface area contributed by atoms with E-state index in [2.05, 4.69) is 50.0 Å². The van der Waals surface area contributed by atoms with Crippen molar-refractivity contribution in [3.63, 3.8) is 0 Å². The molecule has 0 bridgehead atoms. The van der Waals surface area contributed by atoms with Gasteiger partial charge in [0.25, 0.3) is 0 Å². The lowest BCUT2D eigenvalue weighted by Crippen LogP contribution is -2.29. The summed E-state index contributed by atoms with van der Waals surface area (Å²) in [6.45, 7) is 4.11. The Morgan fingerprint density at radius 1 is 1.16 bits per heavy atom. The van der Waals surface area contributed by atoms with Crippen molar-refractivity contribution in [2.75, 3.05) is 31.0 Å². The number of ether oxygens (including phenoxy) is 2. The number of rotatable bonds is 8. The molecule has 0 aliphatic carbocycles. The summed E-state index contributed by atoms with van der Waals surface area (Å²) in [4.78, 5) is 23.6. The van der Waals surface area contributed by atoms with Crippen LogP contribution in [0.25, 0.3) is 5.13 Å². The van der Waals surface area contributed by atoms with Crippen LogP contribution in [-0.2, 0) is 9.53 Å². The molecule has 1 aromatic carbocycles. The highest BCUT2D eigenvalue weighted by Gasteiger charge is 2.42. The van der Waals surface area contributed by atoms with Crippen molar-refractivity contribution in [2.45, 2.75) is 25.9 Å². The van der Waals surface area contributed by atoms with E-state index in [1.807, 2.05) is 48.0 Å². The molecule has 9 nitrogen and oxygen atoms in total. The highest BCUT2D eigenvalue weighted by atomic mass is 32.1. The SMILES string of the molecule is COCC(=O)Nc1cc(N2C(=S)N[C@@H](c3ccccn3)[C@H]2c2cc(C)n(-c3nccs3)c2C)ccc1OC. The Hall–Kier alpha value is -3.80. The number of methoxy groups -OCH3 is 2. The summed E-state index contributed by atoms with van der Waals surface area (Å²) in [5, 5.41) is 9.82. The van der Waals surface area contributed by atoms with Crippen molar-refractivity contribution in [3.8, 4) is 10.9 Å². The number of benzene rings is 1. The highest BCUT2D eigenvalue weighted by Crippen LogP contribution is 2.45. The van der Waals surface area contributed by atoms with Crippen LogP contribution >= 0.6 is 23.6 Å². The predicted octanol–water partition coefficient (Wildman–Crippen LogP) is 4.72. The number of aryl methyl sites for hydroxylation is 1. The molecule has 38 heavy (non-hydrogen) atoms. The third-order valence-electron chi connectivity index (χ3n) is 6.51. The number of nitrogens with zero attached hydrogens (tertiary/aromatic N) is 4. The fourth-order valence-corrected chi connectivity index (χ4v) is 6.02. The van der Waals surface area contributed by atoms with Gasteiger partial charge in [-0.05, 0) is 68.0 Å². The fraction of sp³-hybridized carbons (Fsp3) is 0.259. The minimum absolute atomic E-state index is 0.0653. The van der Waals surface area contributed by atoms with E-state index >= 15 is 0 Å². The summed E-state index contributed by atoms with van der Waals surface area (Å²) < 4.78 is 12.7. The zero-order valence-corrected chi connectivity index (χ0v) is 23.1. The molecule has 1 aliphatic heterocycles. The monoisotopic (exact) mass is 548 g/mol. The van der Waals surface area contributed by atoms with E-state index < -0.39 is 0 Å². The Kier molecular flexibility index (Phi) is 7.41. The molecule has 5 rings (SSSR count). The van der Waals surface area contributed by atoms with E-state index in [1.165, 1.54) is 7.11 Å². The molecule has 11 heteroatoms. The van der Waals surface area contributed by atoms with E-state index in [0.717, 1.165) is 33.5 Å². The number of pyridine rings is 1. The molecule has 2 atom stereocenters. The number of amides is 1. The van der Waals surface area contributed by atoms with Crippen LogP contribution in [-0.4, -0.2) is 46.4 Å². The standard InChI is InChI=1S/C27H28N6O3S2/c1-16-13-19(17(2)32(16)27-29-11-12-38-27)25-24(20-7-5-6-10-28-20)31-26(37)33(25)18-8-9-22(36-4)21(14-18)30-23(34)15-35-3/h5-14,24-25H,15H2,1-4H3,(H,30,34)(H,31,37)/t24-,25+/m0/s1. The molecule has 3 aromatic heterocycles. The lowest BCUT2D eigenvalue weighted by molar-refractivity contribution is -0.119. The van der Waals surface area contributed by atoms with E-state index in [1.54, 1.807) is 24.6 Å². The van der Waals surface area contributed by atoms with Gasteiger partial charge in [0.1, 0.15) is 12.4 Å². The van der Waals surface area contributed by atoms with Gasteiger partial charge in [-0.25, -0.2) is 4.98 Å². The topological polar surface area (TPSA) is 93.5 Å². The first kappa shape index (κ1) is 25.8. The molecule has 2 N–H and O–H groups in total. The molecule has 1 fully saturated rings. The van der Waals surface area contributed by atoms with Gasteiger partial charge in [0.15, 0.2) is 10.2 Å². The number of aromatic nitrogens is 3. The largest absolute Gasteiger partial charge is 0.495 e. The molecule has 0 radical (unpaired) electrons. The number of thiocarbonyl (C=S) groups is 1. The van der Waals surface area contributed by atoms with Gasteiger partial charge < -0.3 is 25.0 Å². The predicted molar refractivity (Wildman–Crippen MR) is 152 cm³/mol. The van der Waals surface area contributed by atoms with Crippen LogP contribution in [0.5, 0.6) is 5.75 Å². The average molecular weight is 549 g/mol. The van der Waals surface area contributed by atoms with Crippen molar-refractivity contribution >= 4 is 45.9 Å². The van der Waals surface area contributed by atoms with Gasteiger partial charge in [-0.2, -0.15) is 0 Å². The molecule has 0 saturated carbocycles. The smallest absolute Gasteiger partial charge is 0.250 e. The summed E-state index contributed by atoms with van der Waals surface area (Å²) in [6, 6.07) is 13.3. The first-order chi connectivity index (χ1) is 18.4. The summed E-state index contributed by atoms with van der Waals surface area (Å²) in [5.41, 5.74) is 5.46. The summed E-state index contributed by atoms with van der Waals surface area (Å²) in [6.07, 6.45) is 3.60. The van der Waals surface area contributed by atoms with E-state index in [-0.39, 0.29) is 24.6 Å². The van der Waals surface area contributed by atoms with E-state index in [4.69, 9.17) is 21.7 Å². The lowest BCUT2D eigenvalue weighted by Gasteiger charge is -2.29. The van der Waals surface area contributed by atoms with Gasteiger partial charge in [0.2, 0.25) is 5.91 Å². The molecule has 1 aliphatic rings. The van der Waals surface area contributed by atoms with Gasteiger partial charge in [-0.1, -0.05) is 6.07 Å². The van der Waals surface area contributed by atoms with Gasteiger partial charge in [-0.15, -0.1) is 11.3 Å². The first-order valence-electron chi connectivity index (χ1n) is 12.0. The number of carbonyl (C=O) groups excluding carboxylic acids is 1. The van der Waals surface area contributed by atoms with Gasteiger partial charge in [0, 0.05) is 42.0 Å². The van der Waals surface area contributed by atoms with Crippen molar-refractivity contribution in [1.29, 1.82) is 0 Å². The normalized spacial score (nSPS) is 16.9. The van der Waals surface area contributed by atoms with E-state index in [9.17, 15) is 4.79 Å². The van der Waals surface area contributed by atoms with Crippen molar-refractivity contribution in [3.05, 3.63) is 82.9 Å². The lowest BCUT2D eigenvalue weighted by atomic mass is 9.96. The van der Waals surface area contributed by atoms with Gasteiger partial charge in [-0.3, -0.25) is 14.3 Å². The summed E-state index contributed by atoms with van der Waals surface area (Å²) in [5.74, 6) is 0.260. The quantitative estimate of drug-likeness (QED) is 0.306. The average Bonchev–Trinajstić information content (AvgIpc) is 3.62. The number of thiazole rings is 1. The van der Waals surface area contributed by atoms with Gasteiger partial charge >= 0.3 is 0 Å². The van der Waals surface area contributed by atoms with E-state index in [0.29, 0.717) is 16.5 Å². The molecule has 4 heterocycles. The Bertz CT molecular complexity index is 1460. The molecule has 1 saturated heterocycles. The highest BCUT2D eigenvalue weighted by molar-refractivity contribution is 7.80. The molecular weight excluding hydrogens is 520 g/mol. The minimum Gasteiger partial charge on any atom is -0.495 e.